The molecule has 0 N–H and O–H groups in total. The van der Waals surface area contributed by atoms with Gasteiger partial charge in [-0.05, 0) is 11.8 Å². The number of carbonyl (C=O) groups is 1. The minimum Gasteiger partial charge on any atom is -0.462 e. The maximum absolute atomic E-state index is 12.2. The van der Waals surface area contributed by atoms with Gasteiger partial charge in [0, 0.05) is 11.1 Å². The summed E-state index contributed by atoms with van der Waals surface area (Å²) in [6.07, 6.45) is -5.19. The molecule has 0 amide bonds. The van der Waals surface area contributed by atoms with Gasteiger partial charge in [-0.25, -0.2) is 4.79 Å². The van der Waals surface area contributed by atoms with E-state index in [1.165, 1.54) is 6.92 Å². The van der Waals surface area contributed by atoms with E-state index in [0.29, 0.717) is 6.07 Å². The minimum atomic E-state index is -5.19. The van der Waals surface area contributed by atoms with E-state index in [0.717, 1.165) is 7.11 Å². The molecule has 0 atom stereocenters. The van der Waals surface area contributed by atoms with Crippen molar-refractivity contribution in [2.75, 3.05) is 13.7 Å². The zero-order valence-corrected chi connectivity index (χ0v) is 10.8. The summed E-state index contributed by atoms with van der Waals surface area (Å²) < 4.78 is 49.4. The molecule has 1 rings (SSSR count). The lowest BCUT2D eigenvalue weighted by molar-refractivity contribution is -0.393. The van der Waals surface area contributed by atoms with E-state index in [9.17, 15) is 28.1 Å². The zero-order chi connectivity index (χ0) is 16.2. The van der Waals surface area contributed by atoms with Crippen LogP contribution in [0.3, 0.4) is 0 Å². The zero-order valence-electron chi connectivity index (χ0n) is 10.8. The summed E-state index contributed by atoms with van der Waals surface area (Å²) in [4.78, 5) is 24.3. The van der Waals surface area contributed by atoms with Crippen LogP contribution >= 0.6 is 0 Å². The number of rotatable bonds is 5. The van der Waals surface area contributed by atoms with Gasteiger partial charge in [0.1, 0.15) is 0 Å². The van der Waals surface area contributed by atoms with Crippen molar-refractivity contribution in [2.45, 2.75) is 13.3 Å². The Morgan fingerprint density at radius 2 is 2.10 bits per heavy atom. The Kier molecular flexibility index (Phi) is 4.89. The summed E-state index contributed by atoms with van der Waals surface area (Å²) >= 11 is 0. The first kappa shape index (κ1) is 16.5. The van der Waals surface area contributed by atoms with Crippen molar-refractivity contribution < 1.29 is 37.1 Å². The van der Waals surface area contributed by atoms with Crippen molar-refractivity contribution in [3.8, 4) is 11.6 Å². The van der Waals surface area contributed by atoms with Crippen molar-refractivity contribution in [1.82, 2.24) is 4.98 Å². The van der Waals surface area contributed by atoms with Crippen LogP contribution in [0.1, 0.15) is 17.3 Å². The molecule has 0 aromatic carbocycles. The lowest BCUT2D eigenvalue weighted by atomic mass is 10.2. The Morgan fingerprint density at radius 3 is 2.52 bits per heavy atom. The van der Waals surface area contributed by atoms with E-state index in [1.807, 2.05) is 0 Å². The van der Waals surface area contributed by atoms with Crippen LogP contribution in [-0.2, 0) is 4.74 Å². The number of hydrogen-bond acceptors (Lipinski definition) is 7. The predicted molar refractivity (Wildman–Crippen MR) is 60.1 cm³/mol. The fourth-order valence-electron chi connectivity index (χ4n) is 1.31. The molecule has 0 fully saturated rings. The van der Waals surface area contributed by atoms with Crippen LogP contribution in [0.5, 0.6) is 11.6 Å². The summed E-state index contributed by atoms with van der Waals surface area (Å²) in [7, 11) is 1.04. The Morgan fingerprint density at radius 1 is 1.48 bits per heavy atom. The van der Waals surface area contributed by atoms with Gasteiger partial charge in [-0.15, -0.1) is 13.2 Å². The number of alkyl halides is 3. The number of halogens is 3. The van der Waals surface area contributed by atoms with Crippen LogP contribution in [0, 0.1) is 10.1 Å². The monoisotopic (exact) mass is 310 g/mol. The summed E-state index contributed by atoms with van der Waals surface area (Å²) in [5, 5.41) is 10.7. The van der Waals surface area contributed by atoms with Crippen LogP contribution < -0.4 is 9.47 Å². The topological polar surface area (TPSA) is 101 Å². The second kappa shape index (κ2) is 6.24. The van der Waals surface area contributed by atoms with Crippen LogP contribution in [0.2, 0.25) is 0 Å². The lowest BCUT2D eigenvalue weighted by Gasteiger charge is -2.10. The van der Waals surface area contributed by atoms with Gasteiger partial charge in [-0.1, -0.05) is 0 Å². The second-order valence-corrected chi connectivity index (χ2v) is 3.39. The van der Waals surface area contributed by atoms with Gasteiger partial charge in [0.15, 0.2) is 5.56 Å². The van der Waals surface area contributed by atoms with Crippen LogP contribution in [-0.4, -0.2) is 36.0 Å². The van der Waals surface area contributed by atoms with Gasteiger partial charge in [-0.3, -0.25) is 0 Å². The minimum absolute atomic E-state index is 0.0611. The molecule has 0 aliphatic carbocycles. The number of ether oxygens (including phenoxy) is 3. The third-order valence-electron chi connectivity index (χ3n) is 2.02. The molecule has 0 radical (unpaired) electrons. The number of hydrogen-bond donors (Lipinski definition) is 0. The number of nitrogens with zero attached hydrogens (tertiary/aromatic N) is 2. The molecule has 0 spiro atoms. The average Bonchev–Trinajstić information content (AvgIpc) is 2.36. The van der Waals surface area contributed by atoms with Gasteiger partial charge in [0.2, 0.25) is 5.75 Å². The van der Waals surface area contributed by atoms with Crippen molar-refractivity contribution in [3.63, 3.8) is 0 Å². The largest absolute Gasteiger partial charge is 0.573 e. The Labute approximate surface area is 115 Å². The molecule has 1 aromatic rings. The molecule has 0 aliphatic heterocycles. The van der Waals surface area contributed by atoms with Crippen molar-refractivity contribution in [2.24, 2.45) is 0 Å². The molecule has 0 bridgehead atoms. The number of pyridine rings is 1. The Balaban J connectivity index is 3.42. The average molecular weight is 310 g/mol. The number of aromatic nitrogens is 1. The predicted octanol–water partition coefficient (Wildman–Crippen LogP) is 2.07. The Bertz CT molecular complexity index is 560. The molecule has 21 heavy (non-hydrogen) atoms. The normalized spacial score (nSPS) is 10.9. The number of nitro groups is 1. The van der Waals surface area contributed by atoms with Crippen molar-refractivity contribution in [1.29, 1.82) is 0 Å². The third-order valence-corrected chi connectivity index (χ3v) is 2.02. The molecule has 0 saturated heterocycles. The fraction of sp³-hybridized carbons (Fsp3) is 0.400. The Hall–Kier alpha value is -2.59. The van der Waals surface area contributed by atoms with Gasteiger partial charge >= 0.3 is 24.0 Å². The molecule has 116 valence electrons. The van der Waals surface area contributed by atoms with Crippen LogP contribution in [0.15, 0.2) is 6.07 Å². The SMILES string of the molecule is CCOC(=O)c1cc(OC(F)(F)F)c([N+](=O)[O-])nc1OC. The number of carbonyl (C=O) groups excluding carboxylic acids is 1. The highest BCUT2D eigenvalue weighted by Crippen LogP contribution is 2.34. The van der Waals surface area contributed by atoms with E-state index in [2.05, 4.69) is 19.2 Å². The highest BCUT2D eigenvalue weighted by molar-refractivity contribution is 5.92. The highest BCUT2D eigenvalue weighted by atomic mass is 19.4. The van der Waals surface area contributed by atoms with Gasteiger partial charge < -0.3 is 24.3 Å². The van der Waals surface area contributed by atoms with E-state index in [-0.39, 0.29) is 6.61 Å². The molecule has 0 aliphatic rings. The van der Waals surface area contributed by atoms with Crippen molar-refractivity contribution in [3.05, 3.63) is 21.7 Å². The molecular formula is C10H9F3N2O6. The maximum Gasteiger partial charge on any atom is 0.573 e. The molecule has 11 heteroatoms. The highest BCUT2D eigenvalue weighted by Gasteiger charge is 2.37. The number of methoxy groups -OCH3 is 1. The van der Waals surface area contributed by atoms with E-state index in [4.69, 9.17) is 0 Å². The molecule has 0 unspecified atom stereocenters. The molecule has 1 aromatic heterocycles. The maximum atomic E-state index is 12.2. The van der Waals surface area contributed by atoms with Gasteiger partial charge in [0.25, 0.3) is 0 Å². The molecule has 1 heterocycles. The fourth-order valence-corrected chi connectivity index (χ4v) is 1.31. The quantitative estimate of drug-likeness (QED) is 0.466. The second-order valence-electron chi connectivity index (χ2n) is 3.39. The van der Waals surface area contributed by atoms with E-state index >= 15 is 0 Å². The summed E-state index contributed by atoms with van der Waals surface area (Å²) in [5.74, 6) is -4.08. The van der Waals surface area contributed by atoms with E-state index in [1.54, 1.807) is 0 Å². The number of esters is 1. The molecular weight excluding hydrogens is 301 g/mol. The lowest BCUT2D eigenvalue weighted by Crippen LogP contribution is -2.19. The third kappa shape index (κ3) is 4.19. The first-order valence-corrected chi connectivity index (χ1v) is 5.35. The molecule has 8 nitrogen and oxygen atoms in total. The first-order valence-electron chi connectivity index (χ1n) is 5.35. The van der Waals surface area contributed by atoms with Crippen LogP contribution in [0.4, 0.5) is 19.0 Å². The van der Waals surface area contributed by atoms with Crippen LogP contribution in [0.25, 0.3) is 0 Å². The summed E-state index contributed by atoms with van der Waals surface area (Å²) in [6.45, 7) is 1.41. The summed E-state index contributed by atoms with van der Waals surface area (Å²) in [5.41, 5.74) is -0.524. The molecule has 0 saturated carbocycles. The summed E-state index contributed by atoms with van der Waals surface area (Å²) in [6, 6.07) is 0.495. The van der Waals surface area contributed by atoms with Gasteiger partial charge in [0.05, 0.1) is 13.7 Å². The smallest absolute Gasteiger partial charge is 0.462 e. The first-order chi connectivity index (χ1) is 9.69. The standard InChI is InChI=1S/C10H9F3N2O6/c1-3-20-9(16)5-4-6(21-10(11,12)13)7(15(17)18)14-8(5)19-2/h4H,3H2,1-2H3. The van der Waals surface area contributed by atoms with Crippen molar-refractivity contribution >= 4 is 11.8 Å². The van der Waals surface area contributed by atoms with Gasteiger partial charge in [-0.2, -0.15) is 0 Å². The van der Waals surface area contributed by atoms with E-state index < -0.39 is 40.3 Å².